The van der Waals surface area contributed by atoms with Gasteiger partial charge in [0.25, 0.3) is 0 Å². The maximum Gasteiger partial charge on any atom is 0.165 e. The molecular formula is C10H14O3. The van der Waals surface area contributed by atoms with E-state index in [1.54, 1.807) is 13.2 Å². The van der Waals surface area contributed by atoms with Gasteiger partial charge in [0.15, 0.2) is 5.78 Å². The Kier molecular flexibility index (Phi) is 3.71. The standard InChI is InChI=1S/C10H14O3/c1-2-9(11)10(12)6-8-4-3-5-13-7-8/h3-4,7,9,11H,2,5-6H2,1H3. The van der Waals surface area contributed by atoms with Gasteiger partial charge in [-0.3, -0.25) is 4.79 Å². The Balaban J connectivity index is 2.44. The van der Waals surface area contributed by atoms with Gasteiger partial charge in [-0.15, -0.1) is 0 Å². The molecular weight excluding hydrogens is 168 g/mol. The van der Waals surface area contributed by atoms with Gasteiger partial charge in [0, 0.05) is 6.42 Å². The lowest BCUT2D eigenvalue weighted by molar-refractivity contribution is -0.126. The minimum Gasteiger partial charge on any atom is -0.497 e. The molecule has 0 aromatic heterocycles. The van der Waals surface area contributed by atoms with Crippen LogP contribution < -0.4 is 0 Å². The molecule has 1 aliphatic rings. The van der Waals surface area contributed by atoms with Crippen molar-refractivity contribution in [3.05, 3.63) is 24.0 Å². The lowest BCUT2D eigenvalue weighted by atomic mass is 10.0. The van der Waals surface area contributed by atoms with E-state index in [2.05, 4.69) is 0 Å². The lowest BCUT2D eigenvalue weighted by Gasteiger charge is -2.09. The number of rotatable bonds is 4. The van der Waals surface area contributed by atoms with Crippen molar-refractivity contribution >= 4 is 5.78 Å². The minimum atomic E-state index is -0.837. The molecule has 0 aromatic carbocycles. The Labute approximate surface area is 77.7 Å². The first kappa shape index (κ1) is 9.99. The third-order valence-electron chi connectivity index (χ3n) is 1.90. The lowest BCUT2D eigenvalue weighted by Crippen LogP contribution is -2.19. The average molecular weight is 182 g/mol. The van der Waals surface area contributed by atoms with Crippen molar-refractivity contribution in [2.75, 3.05) is 6.61 Å². The summed E-state index contributed by atoms with van der Waals surface area (Å²) in [5, 5.41) is 9.22. The molecule has 0 saturated carbocycles. The number of hydrogen-bond acceptors (Lipinski definition) is 3. The summed E-state index contributed by atoms with van der Waals surface area (Å²) in [7, 11) is 0. The summed E-state index contributed by atoms with van der Waals surface area (Å²) in [5.41, 5.74) is 0.823. The van der Waals surface area contributed by atoms with E-state index >= 15 is 0 Å². The summed E-state index contributed by atoms with van der Waals surface area (Å²) in [6.07, 6.45) is 5.16. The van der Waals surface area contributed by atoms with Crippen LogP contribution in [0.15, 0.2) is 24.0 Å². The third kappa shape index (κ3) is 3.03. The Morgan fingerprint density at radius 1 is 1.77 bits per heavy atom. The third-order valence-corrected chi connectivity index (χ3v) is 1.90. The van der Waals surface area contributed by atoms with Gasteiger partial charge in [0.05, 0.1) is 6.26 Å². The van der Waals surface area contributed by atoms with Gasteiger partial charge in [-0.05, 0) is 18.1 Å². The fourth-order valence-corrected chi connectivity index (χ4v) is 1.10. The van der Waals surface area contributed by atoms with Crippen LogP contribution in [-0.2, 0) is 9.53 Å². The first-order valence-corrected chi connectivity index (χ1v) is 4.42. The zero-order chi connectivity index (χ0) is 9.68. The first-order valence-electron chi connectivity index (χ1n) is 4.42. The van der Waals surface area contributed by atoms with E-state index in [9.17, 15) is 9.90 Å². The number of Topliss-reactive ketones (excluding diaryl/α,β-unsaturated/α-hetero) is 1. The number of aliphatic hydroxyl groups is 1. The summed E-state index contributed by atoms with van der Waals surface area (Å²) >= 11 is 0. The summed E-state index contributed by atoms with van der Waals surface area (Å²) in [6, 6.07) is 0. The predicted molar refractivity (Wildman–Crippen MR) is 49.1 cm³/mol. The van der Waals surface area contributed by atoms with Gasteiger partial charge < -0.3 is 9.84 Å². The van der Waals surface area contributed by atoms with E-state index in [1.165, 1.54) is 0 Å². The molecule has 1 unspecified atom stereocenters. The highest BCUT2D eigenvalue weighted by Gasteiger charge is 2.14. The topological polar surface area (TPSA) is 46.5 Å². The van der Waals surface area contributed by atoms with E-state index in [1.807, 2.05) is 12.2 Å². The fraction of sp³-hybridized carbons (Fsp3) is 0.500. The molecule has 72 valence electrons. The number of ether oxygens (including phenoxy) is 1. The van der Waals surface area contributed by atoms with Gasteiger partial charge in [-0.2, -0.15) is 0 Å². The molecule has 13 heavy (non-hydrogen) atoms. The van der Waals surface area contributed by atoms with Crippen LogP contribution in [0.5, 0.6) is 0 Å². The Morgan fingerprint density at radius 2 is 2.54 bits per heavy atom. The van der Waals surface area contributed by atoms with Gasteiger partial charge >= 0.3 is 0 Å². The molecule has 0 radical (unpaired) electrons. The highest BCUT2D eigenvalue weighted by atomic mass is 16.5. The maximum absolute atomic E-state index is 11.3. The second-order valence-electron chi connectivity index (χ2n) is 3.00. The number of ketones is 1. The molecule has 1 atom stereocenters. The van der Waals surface area contributed by atoms with Crippen LogP contribution in [0.1, 0.15) is 19.8 Å². The Hall–Kier alpha value is -1.09. The van der Waals surface area contributed by atoms with Crippen LogP contribution in [0, 0.1) is 0 Å². The number of carbonyl (C=O) groups is 1. The van der Waals surface area contributed by atoms with Crippen molar-refractivity contribution in [1.29, 1.82) is 0 Å². The first-order chi connectivity index (χ1) is 6.24. The van der Waals surface area contributed by atoms with Gasteiger partial charge in [-0.25, -0.2) is 0 Å². The zero-order valence-electron chi connectivity index (χ0n) is 7.69. The van der Waals surface area contributed by atoms with Crippen molar-refractivity contribution in [3.8, 4) is 0 Å². The molecule has 1 heterocycles. The molecule has 3 nitrogen and oxygen atoms in total. The van der Waals surface area contributed by atoms with E-state index in [-0.39, 0.29) is 12.2 Å². The van der Waals surface area contributed by atoms with Crippen molar-refractivity contribution < 1.29 is 14.6 Å². The van der Waals surface area contributed by atoms with Crippen molar-refractivity contribution in [3.63, 3.8) is 0 Å². The van der Waals surface area contributed by atoms with Crippen LogP contribution in [0.2, 0.25) is 0 Å². The minimum absolute atomic E-state index is 0.149. The van der Waals surface area contributed by atoms with Crippen LogP contribution >= 0.6 is 0 Å². The largest absolute Gasteiger partial charge is 0.497 e. The molecule has 0 saturated heterocycles. The zero-order valence-corrected chi connectivity index (χ0v) is 7.69. The molecule has 0 fully saturated rings. The molecule has 1 N–H and O–H groups in total. The number of aliphatic hydroxyl groups excluding tert-OH is 1. The smallest absolute Gasteiger partial charge is 0.165 e. The highest BCUT2D eigenvalue weighted by molar-refractivity contribution is 5.85. The highest BCUT2D eigenvalue weighted by Crippen LogP contribution is 2.11. The van der Waals surface area contributed by atoms with Gasteiger partial charge in [0.2, 0.25) is 0 Å². The van der Waals surface area contributed by atoms with Crippen molar-refractivity contribution in [2.45, 2.75) is 25.9 Å². The second kappa shape index (κ2) is 4.82. The molecule has 3 heteroatoms. The molecule has 1 aliphatic heterocycles. The van der Waals surface area contributed by atoms with E-state index in [0.29, 0.717) is 13.0 Å². The molecule has 0 aromatic rings. The normalized spacial score (nSPS) is 17.5. The molecule has 0 amide bonds. The number of carbonyl (C=O) groups excluding carboxylic acids is 1. The van der Waals surface area contributed by atoms with Gasteiger partial charge in [-0.1, -0.05) is 13.0 Å². The Bertz CT molecular complexity index is 241. The fourth-order valence-electron chi connectivity index (χ4n) is 1.10. The molecule has 0 bridgehead atoms. The SMILES string of the molecule is CCC(O)C(=O)CC1=COCC=C1. The van der Waals surface area contributed by atoms with E-state index in [4.69, 9.17) is 4.74 Å². The summed E-state index contributed by atoms with van der Waals surface area (Å²) < 4.78 is 5.01. The quantitative estimate of drug-likeness (QED) is 0.710. The maximum atomic E-state index is 11.3. The molecule has 1 rings (SSSR count). The van der Waals surface area contributed by atoms with Crippen molar-refractivity contribution in [2.24, 2.45) is 0 Å². The number of allylic oxidation sites excluding steroid dienone is 2. The van der Waals surface area contributed by atoms with Crippen molar-refractivity contribution in [1.82, 2.24) is 0 Å². The van der Waals surface area contributed by atoms with Gasteiger partial charge in [0.1, 0.15) is 12.7 Å². The summed E-state index contributed by atoms with van der Waals surface area (Å²) in [6.45, 7) is 2.35. The Morgan fingerprint density at radius 3 is 3.08 bits per heavy atom. The van der Waals surface area contributed by atoms with Crippen LogP contribution in [-0.4, -0.2) is 23.6 Å². The van der Waals surface area contributed by atoms with Crippen LogP contribution in [0.4, 0.5) is 0 Å². The summed E-state index contributed by atoms with van der Waals surface area (Å²) in [5.74, 6) is -0.149. The monoisotopic (exact) mass is 182 g/mol. The second-order valence-corrected chi connectivity index (χ2v) is 3.00. The summed E-state index contributed by atoms with van der Waals surface area (Å²) in [4.78, 5) is 11.3. The average Bonchev–Trinajstić information content (AvgIpc) is 2.18. The van der Waals surface area contributed by atoms with E-state index < -0.39 is 6.10 Å². The van der Waals surface area contributed by atoms with Crippen LogP contribution in [0.25, 0.3) is 0 Å². The molecule has 0 spiro atoms. The number of hydrogen-bond donors (Lipinski definition) is 1. The van der Waals surface area contributed by atoms with Crippen LogP contribution in [0.3, 0.4) is 0 Å². The predicted octanol–water partition coefficient (Wildman–Crippen LogP) is 1.19. The van der Waals surface area contributed by atoms with E-state index in [0.717, 1.165) is 5.57 Å². The molecule has 0 aliphatic carbocycles.